The minimum Gasteiger partial charge on any atom is -0.463 e. The molecule has 2 aliphatic carbocycles. The highest BCUT2D eigenvalue weighted by Crippen LogP contribution is 2.38. The van der Waals surface area contributed by atoms with Crippen LogP contribution < -0.4 is 5.32 Å². The van der Waals surface area contributed by atoms with Crippen molar-refractivity contribution in [2.45, 2.75) is 102 Å². The van der Waals surface area contributed by atoms with Crippen LogP contribution in [0.2, 0.25) is 0 Å². The average molecular weight is 452 g/mol. The molecule has 0 bridgehead atoms. The molecule has 1 atom stereocenters. The van der Waals surface area contributed by atoms with E-state index in [4.69, 9.17) is 4.42 Å². The summed E-state index contributed by atoms with van der Waals surface area (Å²) in [5, 5.41) is 3.38. The summed E-state index contributed by atoms with van der Waals surface area (Å²) in [5.74, 6) is 1.37. The number of rotatable bonds is 4. The highest BCUT2D eigenvalue weighted by Gasteiger charge is 2.51. The fourth-order valence-electron chi connectivity index (χ4n) is 6.21. The van der Waals surface area contributed by atoms with Gasteiger partial charge in [0.2, 0.25) is 5.91 Å². The van der Waals surface area contributed by atoms with Gasteiger partial charge in [-0.1, -0.05) is 32.6 Å². The lowest BCUT2D eigenvalue weighted by molar-refractivity contribution is -0.135. The van der Waals surface area contributed by atoms with Gasteiger partial charge in [0, 0.05) is 12.1 Å². The molecule has 0 aromatic carbocycles. The molecule has 33 heavy (non-hydrogen) atoms. The molecule has 1 N–H and O–H groups in total. The first-order valence-corrected chi connectivity index (χ1v) is 12.9. The molecule has 5 rings (SSSR count). The number of hydrogen-bond acceptors (Lipinski definition) is 3. The number of hydrogen-bond donors (Lipinski definition) is 1. The van der Waals surface area contributed by atoms with Crippen LogP contribution in [0.25, 0.3) is 11.5 Å². The van der Waals surface area contributed by atoms with Crippen LogP contribution in [0.1, 0.15) is 88.5 Å². The Hall–Kier alpha value is -2.50. The van der Waals surface area contributed by atoms with Crippen LogP contribution in [0.5, 0.6) is 0 Å². The summed E-state index contributed by atoms with van der Waals surface area (Å²) >= 11 is 0. The maximum atomic E-state index is 14.0. The minimum absolute atomic E-state index is 0.00823. The zero-order chi connectivity index (χ0) is 23.0. The van der Waals surface area contributed by atoms with Crippen LogP contribution in [0.15, 0.2) is 34.9 Å². The van der Waals surface area contributed by atoms with E-state index < -0.39 is 5.54 Å². The summed E-state index contributed by atoms with van der Waals surface area (Å²) in [6.07, 6.45) is 12.7. The third-order valence-electron chi connectivity index (χ3n) is 8.22. The molecule has 2 aromatic heterocycles. The van der Waals surface area contributed by atoms with Crippen molar-refractivity contribution in [1.29, 1.82) is 0 Å². The molecule has 3 heterocycles. The standard InChI is InChI=1S/C27H37N3O3/c1-19-11-13-21(14-12-19)30-25(31)23-16-15-22(24-10-7-17-33-24)29(23)18-27(30,2)26(32)28-20-8-5-3-4-6-9-20/h7,10,15-17,19-21H,3-6,8-9,11-14,18H2,1-2H3,(H,28,32)/t19?,21?,27-/m0/s1. The monoisotopic (exact) mass is 451 g/mol. The van der Waals surface area contributed by atoms with Crippen LogP contribution in [0, 0.1) is 5.92 Å². The molecule has 0 spiro atoms. The largest absolute Gasteiger partial charge is 0.463 e. The molecular formula is C27H37N3O3. The van der Waals surface area contributed by atoms with Crippen molar-refractivity contribution in [1.82, 2.24) is 14.8 Å². The quantitative estimate of drug-likeness (QED) is 0.635. The molecule has 3 aliphatic rings. The Morgan fingerprint density at radius 2 is 1.70 bits per heavy atom. The van der Waals surface area contributed by atoms with Crippen LogP contribution in [0.4, 0.5) is 0 Å². The lowest BCUT2D eigenvalue weighted by Gasteiger charge is -2.49. The van der Waals surface area contributed by atoms with Crippen molar-refractivity contribution in [3.05, 3.63) is 36.2 Å². The Balaban J connectivity index is 1.50. The van der Waals surface area contributed by atoms with E-state index in [1.54, 1.807) is 6.26 Å². The first-order valence-electron chi connectivity index (χ1n) is 12.9. The summed E-state index contributed by atoms with van der Waals surface area (Å²) in [5.41, 5.74) is 0.579. The molecule has 0 radical (unpaired) electrons. The van der Waals surface area contributed by atoms with Gasteiger partial charge >= 0.3 is 0 Å². The Morgan fingerprint density at radius 3 is 2.36 bits per heavy atom. The SMILES string of the molecule is CC1CCC(N2C(=O)c3ccc(-c4ccco4)n3C[C@@]2(C)C(=O)NC2CCCCCC2)CC1. The van der Waals surface area contributed by atoms with Gasteiger partial charge in [-0.05, 0) is 75.6 Å². The number of fused-ring (bicyclic) bond motifs is 1. The van der Waals surface area contributed by atoms with Gasteiger partial charge in [-0.3, -0.25) is 9.59 Å². The number of nitrogens with one attached hydrogen (secondary N) is 1. The molecule has 1 aliphatic heterocycles. The second-order valence-corrected chi connectivity index (χ2v) is 10.7. The normalized spacial score (nSPS) is 28.9. The topological polar surface area (TPSA) is 67.5 Å². The first kappa shape index (κ1) is 22.3. The third kappa shape index (κ3) is 4.13. The Labute approximate surface area is 196 Å². The van der Waals surface area contributed by atoms with E-state index >= 15 is 0 Å². The Morgan fingerprint density at radius 1 is 1.00 bits per heavy atom. The molecule has 0 saturated heterocycles. The number of amides is 2. The van der Waals surface area contributed by atoms with Gasteiger partial charge in [0.05, 0.1) is 18.5 Å². The minimum atomic E-state index is -0.929. The predicted molar refractivity (Wildman–Crippen MR) is 128 cm³/mol. The van der Waals surface area contributed by atoms with Crippen LogP contribution in [0.3, 0.4) is 0 Å². The third-order valence-corrected chi connectivity index (χ3v) is 8.22. The number of aromatic nitrogens is 1. The molecule has 2 amide bonds. The molecule has 178 valence electrons. The maximum absolute atomic E-state index is 14.0. The average Bonchev–Trinajstić information content (AvgIpc) is 3.40. The number of furan rings is 1. The molecule has 2 aromatic rings. The van der Waals surface area contributed by atoms with Gasteiger partial charge in [0.1, 0.15) is 17.0 Å². The zero-order valence-electron chi connectivity index (χ0n) is 20.0. The van der Waals surface area contributed by atoms with E-state index in [2.05, 4.69) is 12.2 Å². The van der Waals surface area contributed by atoms with Gasteiger partial charge in [0.15, 0.2) is 0 Å². The predicted octanol–water partition coefficient (Wildman–Crippen LogP) is 5.38. The molecule has 2 saturated carbocycles. The molecule has 0 unspecified atom stereocenters. The second-order valence-electron chi connectivity index (χ2n) is 10.7. The number of nitrogens with zero attached hydrogens (tertiary/aromatic N) is 2. The second kappa shape index (κ2) is 9.03. The van der Waals surface area contributed by atoms with E-state index in [9.17, 15) is 9.59 Å². The fourth-order valence-corrected chi connectivity index (χ4v) is 6.21. The summed E-state index contributed by atoms with van der Waals surface area (Å²) in [6.45, 7) is 4.71. The molecule has 2 fully saturated rings. The highest BCUT2D eigenvalue weighted by atomic mass is 16.3. The molecular weight excluding hydrogens is 414 g/mol. The Kier molecular flexibility index (Phi) is 6.11. The van der Waals surface area contributed by atoms with E-state index in [0.29, 0.717) is 18.2 Å². The summed E-state index contributed by atoms with van der Waals surface area (Å²) in [4.78, 5) is 29.8. The fraction of sp³-hybridized carbons (Fsp3) is 0.630. The lowest BCUT2D eigenvalue weighted by atomic mass is 9.82. The van der Waals surface area contributed by atoms with Crippen LogP contribution in [-0.4, -0.2) is 38.9 Å². The maximum Gasteiger partial charge on any atom is 0.271 e. The van der Waals surface area contributed by atoms with E-state index in [-0.39, 0.29) is 23.9 Å². The van der Waals surface area contributed by atoms with Crippen molar-refractivity contribution in [3.63, 3.8) is 0 Å². The number of carbonyl (C=O) groups is 2. The van der Waals surface area contributed by atoms with Crippen LogP contribution >= 0.6 is 0 Å². The summed E-state index contributed by atoms with van der Waals surface area (Å²) < 4.78 is 7.65. The van der Waals surface area contributed by atoms with E-state index in [1.807, 2.05) is 40.7 Å². The number of carbonyl (C=O) groups excluding carboxylic acids is 2. The first-order chi connectivity index (χ1) is 16.0. The van der Waals surface area contributed by atoms with Crippen molar-refractivity contribution in [3.8, 4) is 11.5 Å². The van der Waals surface area contributed by atoms with Crippen molar-refractivity contribution in [2.75, 3.05) is 0 Å². The van der Waals surface area contributed by atoms with Gasteiger partial charge in [-0.25, -0.2) is 0 Å². The van der Waals surface area contributed by atoms with Crippen molar-refractivity contribution in [2.24, 2.45) is 5.92 Å². The van der Waals surface area contributed by atoms with Gasteiger partial charge < -0.3 is 19.2 Å². The molecule has 6 heteroatoms. The van der Waals surface area contributed by atoms with Crippen LogP contribution in [-0.2, 0) is 11.3 Å². The summed E-state index contributed by atoms with van der Waals surface area (Å²) in [7, 11) is 0. The Bertz CT molecular complexity index is 978. The highest BCUT2D eigenvalue weighted by molar-refractivity contribution is 6.00. The van der Waals surface area contributed by atoms with Crippen molar-refractivity contribution < 1.29 is 14.0 Å². The van der Waals surface area contributed by atoms with E-state index in [1.165, 1.54) is 12.8 Å². The van der Waals surface area contributed by atoms with Gasteiger partial charge in [0.25, 0.3) is 5.91 Å². The van der Waals surface area contributed by atoms with E-state index in [0.717, 1.165) is 62.8 Å². The smallest absolute Gasteiger partial charge is 0.271 e. The summed E-state index contributed by atoms with van der Waals surface area (Å²) in [6, 6.07) is 7.91. The van der Waals surface area contributed by atoms with Gasteiger partial charge in [-0.15, -0.1) is 0 Å². The lowest BCUT2D eigenvalue weighted by Crippen LogP contribution is -2.67. The molecule has 6 nitrogen and oxygen atoms in total. The zero-order valence-corrected chi connectivity index (χ0v) is 20.0. The van der Waals surface area contributed by atoms with Crippen molar-refractivity contribution >= 4 is 11.8 Å². The van der Waals surface area contributed by atoms with Gasteiger partial charge in [-0.2, -0.15) is 0 Å².